The van der Waals surface area contributed by atoms with Crippen molar-refractivity contribution in [1.29, 1.82) is 0 Å². The van der Waals surface area contributed by atoms with E-state index in [-0.39, 0.29) is 0 Å². The summed E-state index contributed by atoms with van der Waals surface area (Å²) >= 11 is 0. The average molecular weight is 231 g/mol. The second-order valence-electron chi connectivity index (χ2n) is 5.83. The largest absolute Gasteiger partial charge is 0.316 e. The average Bonchev–Trinajstić information content (AvgIpc) is 2.33. The predicted octanol–water partition coefficient (Wildman–Crippen LogP) is 3.60. The van der Waals surface area contributed by atoms with E-state index in [4.69, 9.17) is 0 Å². The summed E-state index contributed by atoms with van der Waals surface area (Å²) in [4.78, 5) is 0. The van der Waals surface area contributed by atoms with Gasteiger partial charge >= 0.3 is 0 Å². The van der Waals surface area contributed by atoms with Gasteiger partial charge in [0.2, 0.25) is 0 Å². The standard InChI is InChI=1S/C16H25N/c1-12(2)15-6-4-14(5-7-15)10-16-8-9-17-11-13(16)3/h4-7,12-13,16-17H,8-11H2,1-3H3. The van der Waals surface area contributed by atoms with Crippen molar-refractivity contribution >= 4 is 0 Å². The zero-order valence-electron chi connectivity index (χ0n) is 11.4. The topological polar surface area (TPSA) is 12.0 Å². The Morgan fingerprint density at radius 2 is 1.94 bits per heavy atom. The van der Waals surface area contributed by atoms with Gasteiger partial charge in [0.05, 0.1) is 0 Å². The van der Waals surface area contributed by atoms with E-state index in [1.165, 1.54) is 37.1 Å². The second kappa shape index (κ2) is 5.68. The van der Waals surface area contributed by atoms with Gasteiger partial charge in [-0.15, -0.1) is 0 Å². The maximum absolute atomic E-state index is 3.47. The van der Waals surface area contributed by atoms with Gasteiger partial charge in [-0.1, -0.05) is 45.0 Å². The molecule has 0 saturated carbocycles. The predicted molar refractivity (Wildman–Crippen MR) is 74.4 cm³/mol. The Bertz CT molecular complexity index is 339. The van der Waals surface area contributed by atoms with Gasteiger partial charge in [-0.3, -0.25) is 0 Å². The van der Waals surface area contributed by atoms with Gasteiger partial charge in [-0.05, 0) is 54.8 Å². The number of hydrogen-bond donors (Lipinski definition) is 1. The fraction of sp³-hybridized carbons (Fsp3) is 0.625. The molecule has 1 aliphatic heterocycles. The van der Waals surface area contributed by atoms with Crippen molar-refractivity contribution in [1.82, 2.24) is 5.32 Å². The summed E-state index contributed by atoms with van der Waals surface area (Å²) in [6.07, 6.45) is 2.58. The van der Waals surface area contributed by atoms with Crippen molar-refractivity contribution in [2.24, 2.45) is 11.8 Å². The van der Waals surface area contributed by atoms with Gasteiger partial charge in [-0.2, -0.15) is 0 Å². The molecule has 1 aromatic carbocycles. The molecule has 0 aliphatic carbocycles. The smallest absolute Gasteiger partial charge is 0.00204 e. The van der Waals surface area contributed by atoms with Gasteiger partial charge in [0, 0.05) is 0 Å². The Balaban J connectivity index is 1.98. The minimum Gasteiger partial charge on any atom is -0.316 e. The first kappa shape index (κ1) is 12.6. The van der Waals surface area contributed by atoms with E-state index in [0.717, 1.165) is 11.8 Å². The molecule has 0 radical (unpaired) electrons. The molecule has 0 amide bonds. The third-order valence-corrected chi connectivity index (χ3v) is 4.11. The fourth-order valence-corrected chi connectivity index (χ4v) is 2.71. The molecule has 0 spiro atoms. The third kappa shape index (κ3) is 3.32. The molecule has 1 heterocycles. The lowest BCUT2D eigenvalue weighted by molar-refractivity contribution is 0.272. The van der Waals surface area contributed by atoms with Gasteiger partial charge in [0.25, 0.3) is 0 Å². The molecule has 1 aliphatic rings. The summed E-state index contributed by atoms with van der Waals surface area (Å²) in [5, 5.41) is 3.47. The van der Waals surface area contributed by atoms with Crippen LogP contribution >= 0.6 is 0 Å². The molecular formula is C16H25N. The zero-order chi connectivity index (χ0) is 12.3. The lowest BCUT2D eigenvalue weighted by atomic mass is 9.83. The van der Waals surface area contributed by atoms with Crippen LogP contribution in [0.1, 0.15) is 44.2 Å². The molecule has 2 unspecified atom stereocenters. The Morgan fingerprint density at radius 3 is 2.53 bits per heavy atom. The summed E-state index contributed by atoms with van der Waals surface area (Å²) in [6.45, 7) is 9.26. The second-order valence-corrected chi connectivity index (χ2v) is 5.83. The van der Waals surface area contributed by atoms with Crippen LogP contribution in [0.15, 0.2) is 24.3 Å². The first-order valence-electron chi connectivity index (χ1n) is 6.96. The van der Waals surface area contributed by atoms with E-state index in [9.17, 15) is 0 Å². The van der Waals surface area contributed by atoms with E-state index in [1.54, 1.807) is 0 Å². The summed E-state index contributed by atoms with van der Waals surface area (Å²) in [7, 11) is 0. The van der Waals surface area contributed by atoms with Gasteiger partial charge in [0.1, 0.15) is 0 Å². The molecule has 1 N–H and O–H groups in total. The van der Waals surface area contributed by atoms with Crippen LogP contribution in [-0.2, 0) is 6.42 Å². The molecule has 1 saturated heterocycles. The Kier molecular flexibility index (Phi) is 4.22. The molecule has 0 aromatic heterocycles. The number of benzene rings is 1. The first-order valence-corrected chi connectivity index (χ1v) is 6.96. The van der Waals surface area contributed by atoms with E-state index < -0.39 is 0 Å². The minimum atomic E-state index is 0.641. The Morgan fingerprint density at radius 1 is 1.24 bits per heavy atom. The van der Waals surface area contributed by atoms with Gasteiger partial charge in [-0.25, -0.2) is 0 Å². The van der Waals surface area contributed by atoms with Crippen molar-refractivity contribution in [3.8, 4) is 0 Å². The fourth-order valence-electron chi connectivity index (χ4n) is 2.71. The molecule has 1 heteroatoms. The van der Waals surface area contributed by atoms with Crippen LogP contribution in [0.5, 0.6) is 0 Å². The monoisotopic (exact) mass is 231 g/mol. The molecule has 17 heavy (non-hydrogen) atoms. The van der Waals surface area contributed by atoms with Crippen LogP contribution in [0.25, 0.3) is 0 Å². The maximum atomic E-state index is 3.47. The lowest BCUT2D eigenvalue weighted by Gasteiger charge is -2.29. The zero-order valence-corrected chi connectivity index (χ0v) is 11.4. The maximum Gasteiger partial charge on any atom is -0.00204 e. The van der Waals surface area contributed by atoms with Crippen molar-refractivity contribution in [3.05, 3.63) is 35.4 Å². The normalized spacial score (nSPS) is 25.2. The highest BCUT2D eigenvalue weighted by molar-refractivity contribution is 5.25. The summed E-state index contributed by atoms with van der Waals surface area (Å²) in [5.41, 5.74) is 2.96. The molecule has 1 fully saturated rings. The highest BCUT2D eigenvalue weighted by Gasteiger charge is 2.20. The molecule has 0 bridgehead atoms. The molecule has 1 aromatic rings. The highest BCUT2D eigenvalue weighted by Crippen LogP contribution is 2.24. The van der Waals surface area contributed by atoms with Crippen molar-refractivity contribution in [2.75, 3.05) is 13.1 Å². The summed E-state index contributed by atoms with van der Waals surface area (Å²) in [5.74, 6) is 2.32. The molecular weight excluding hydrogens is 206 g/mol. The van der Waals surface area contributed by atoms with Crippen molar-refractivity contribution in [3.63, 3.8) is 0 Å². The van der Waals surface area contributed by atoms with E-state index in [0.29, 0.717) is 5.92 Å². The minimum absolute atomic E-state index is 0.641. The van der Waals surface area contributed by atoms with E-state index in [2.05, 4.69) is 50.4 Å². The highest BCUT2D eigenvalue weighted by atomic mass is 14.9. The Labute approximate surface area is 106 Å². The quantitative estimate of drug-likeness (QED) is 0.838. The van der Waals surface area contributed by atoms with Gasteiger partial charge in [0.15, 0.2) is 0 Å². The van der Waals surface area contributed by atoms with E-state index in [1.807, 2.05) is 0 Å². The number of rotatable bonds is 3. The molecule has 94 valence electrons. The molecule has 2 atom stereocenters. The van der Waals surface area contributed by atoms with Gasteiger partial charge < -0.3 is 5.32 Å². The summed E-state index contributed by atoms with van der Waals surface area (Å²) in [6, 6.07) is 9.24. The van der Waals surface area contributed by atoms with Crippen molar-refractivity contribution < 1.29 is 0 Å². The molecule has 1 nitrogen and oxygen atoms in total. The summed E-state index contributed by atoms with van der Waals surface area (Å²) < 4.78 is 0. The van der Waals surface area contributed by atoms with Crippen LogP contribution < -0.4 is 5.32 Å². The number of hydrogen-bond acceptors (Lipinski definition) is 1. The first-order chi connectivity index (χ1) is 8.16. The van der Waals surface area contributed by atoms with Crippen LogP contribution in [-0.4, -0.2) is 13.1 Å². The number of piperidine rings is 1. The van der Waals surface area contributed by atoms with Crippen LogP contribution in [0.4, 0.5) is 0 Å². The Hall–Kier alpha value is -0.820. The number of nitrogens with one attached hydrogen (secondary N) is 1. The van der Waals surface area contributed by atoms with E-state index >= 15 is 0 Å². The lowest BCUT2D eigenvalue weighted by Crippen LogP contribution is -2.35. The van der Waals surface area contributed by atoms with Crippen LogP contribution in [0, 0.1) is 11.8 Å². The van der Waals surface area contributed by atoms with Crippen LogP contribution in [0.2, 0.25) is 0 Å². The SMILES string of the molecule is CC(C)c1ccc(CC2CCNCC2C)cc1. The van der Waals surface area contributed by atoms with Crippen LogP contribution in [0.3, 0.4) is 0 Å². The third-order valence-electron chi connectivity index (χ3n) is 4.11. The molecule has 2 rings (SSSR count). The van der Waals surface area contributed by atoms with Crippen molar-refractivity contribution in [2.45, 2.75) is 39.5 Å².